The molecule has 0 radical (unpaired) electrons. The van der Waals surface area contributed by atoms with Crippen LogP contribution in [-0.4, -0.2) is 13.6 Å². The van der Waals surface area contributed by atoms with Crippen molar-refractivity contribution in [2.24, 2.45) is 0 Å². The third-order valence-electron chi connectivity index (χ3n) is 0.227. The third kappa shape index (κ3) is 3.52. The van der Waals surface area contributed by atoms with Crippen LogP contribution in [0.2, 0.25) is 0 Å². The first kappa shape index (κ1) is 2.74. The van der Waals surface area contributed by atoms with Gasteiger partial charge in [0.05, 0.1) is 6.54 Å². The van der Waals surface area contributed by atoms with Gasteiger partial charge in [0.25, 0.3) is 0 Å². The Labute approximate surface area is 33.8 Å². The van der Waals surface area contributed by atoms with Crippen LogP contribution in [0.3, 0.4) is 0 Å². The van der Waals surface area contributed by atoms with Crippen LogP contribution in [0.25, 0.3) is 0 Å². The van der Waals surface area contributed by atoms with Gasteiger partial charge in [-0.3, -0.25) is 0 Å². The van der Waals surface area contributed by atoms with E-state index in [1.807, 2.05) is 0 Å². The summed E-state index contributed by atoms with van der Waals surface area (Å²) in [7, 11) is 0.212. The fourth-order valence-electron chi connectivity index (χ4n) is 0.0722. The summed E-state index contributed by atoms with van der Waals surface area (Å²) in [5.74, 6) is 2.34. The zero-order valence-corrected chi connectivity index (χ0v) is 2.99. The normalized spacial score (nSPS) is 9.00. The second kappa shape index (κ2) is 3.52. The van der Waals surface area contributed by atoms with Crippen LogP contribution in [0.1, 0.15) is 1.37 Å². The van der Waals surface area contributed by atoms with E-state index in [4.69, 9.17) is 7.79 Å². The maximum atomic E-state index is 6.50. The van der Waals surface area contributed by atoms with Crippen molar-refractivity contribution in [2.75, 3.05) is 13.6 Å². The molecule has 1 heteroatoms. The quantitative estimate of drug-likeness (QED) is 0.334. The molecule has 0 aromatic carbocycles. The van der Waals surface area contributed by atoms with Gasteiger partial charge < -0.3 is 5.32 Å². The zero-order chi connectivity index (χ0) is 4.83. The van der Waals surface area contributed by atoms with Gasteiger partial charge in [0, 0.05) is 1.37 Å². The molecule has 0 aliphatic carbocycles. The highest BCUT2D eigenvalue weighted by atomic mass is 14.8. The maximum absolute atomic E-state index is 6.50. The highest BCUT2D eigenvalue weighted by Gasteiger charge is 1.56. The van der Waals surface area contributed by atoms with E-state index in [9.17, 15) is 0 Å². The molecule has 1 N–H and O–H groups in total. The molecule has 0 saturated carbocycles. The first-order valence-electron chi connectivity index (χ1n) is 2.06. The molecule has 5 heavy (non-hydrogen) atoms. The Morgan fingerprint density at radius 3 is 3.40 bits per heavy atom. The van der Waals surface area contributed by atoms with E-state index in [0.29, 0.717) is 6.54 Å². The maximum Gasteiger partial charge on any atom is 0.0571 e. The molecule has 0 unspecified atom stereocenters. The fourth-order valence-corrected chi connectivity index (χ4v) is 0.0722. The topological polar surface area (TPSA) is 12.0 Å². The van der Waals surface area contributed by atoms with Crippen LogP contribution in [-0.2, 0) is 0 Å². The SMILES string of the molecule is [3H]CNCC#C. The van der Waals surface area contributed by atoms with Crippen molar-refractivity contribution in [1.29, 1.82) is 0 Å². The van der Waals surface area contributed by atoms with E-state index in [-0.39, 0.29) is 7.02 Å². The third-order valence-corrected chi connectivity index (χ3v) is 0.227. The Balaban J connectivity index is 2.54. The molecule has 0 saturated heterocycles. The molecule has 0 heterocycles. The lowest BCUT2D eigenvalue weighted by Gasteiger charge is -1.76. The fraction of sp³-hybridized carbons (Fsp3) is 0.500. The van der Waals surface area contributed by atoms with E-state index in [1.54, 1.807) is 0 Å². The van der Waals surface area contributed by atoms with E-state index in [1.165, 1.54) is 0 Å². The zero-order valence-electron chi connectivity index (χ0n) is 3.99. The van der Waals surface area contributed by atoms with Gasteiger partial charge >= 0.3 is 0 Å². The Bertz CT molecular complexity index is 55.1. The molecule has 0 fully saturated rings. The Hall–Kier alpha value is -0.480. The molecule has 0 aromatic heterocycles. The highest BCUT2D eigenvalue weighted by Crippen LogP contribution is 1.37. The van der Waals surface area contributed by atoms with E-state index in [0.717, 1.165) is 0 Å². The minimum Gasteiger partial charge on any atom is -0.309 e. The van der Waals surface area contributed by atoms with Crippen LogP contribution < -0.4 is 5.32 Å². The predicted octanol–water partition coefficient (Wildman–Crippen LogP) is -0.161. The van der Waals surface area contributed by atoms with Gasteiger partial charge in [0.2, 0.25) is 0 Å². The molecule has 0 amide bonds. The van der Waals surface area contributed by atoms with Crippen LogP contribution >= 0.6 is 0 Å². The van der Waals surface area contributed by atoms with E-state index >= 15 is 0 Å². The highest BCUT2D eigenvalue weighted by molar-refractivity contribution is 4.85. The van der Waals surface area contributed by atoms with Gasteiger partial charge in [-0.25, -0.2) is 0 Å². The van der Waals surface area contributed by atoms with Gasteiger partial charge in [0.1, 0.15) is 0 Å². The summed E-state index contributed by atoms with van der Waals surface area (Å²) in [6.07, 6.45) is 4.82. The number of nitrogens with one attached hydrogen (secondary N) is 1. The lowest BCUT2D eigenvalue weighted by molar-refractivity contribution is 0.939. The molecule has 0 spiro atoms. The average Bonchev–Trinajstić information content (AvgIpc) is 1.61. The summed E-state index contributed by atoms with van der Waals surface area (Å²) < 4.78 is 6.50. The summed E-state index contributed by atoms with van der Waals surface area (Å²) in [4.78, 5) is 0. The van der Waals surface area contributed by atoms with Crippen molar-refractivity contribution < 1.29 is 1.37 Å². The van der Waals surface area contributed by atoms with Gasteiger partial charge in [0.15, 0.2) is 0 Å². The molecular formula is C4H7N. The van der Waals surface area contributed by atoms with Crippen LogP contribution in [0.5, 0.6) is 0 Å². The molecule has 0 atom stereocenters. The molecule has 1 nitrogen and oxygen atoms in total. The summed E-state index contributed by atoms with van der Waals surface area (Å²) in [5.41, 5.74) is 0. The van der Waals surface area contributed by atoms with E-state index < -0.39 is 0 Å². The van der Waals surface area contributed by atoms with Gasteiger partial charge in [-0.2, -0.15) is 0 Å². The smallest absolute Gasteiger partial charge is 0.0571 e. The molecule has 0 bridgehead atoms. The van der Waals surface area contributed by atoms with Crippen molar-refractivity contribution in [2.45, 2.75) is 0 Å². The standard InChI is InChI=1S/C4H7N/c1-3-4-5-2/h1,5H,4H2,2H3/i2T. The van der Waals surface area contributed by atoms with Crippen LogP contribution in [0, 0.1) is 12.3 Å². The average molecular weight is 71.1 g/mol. The monoisotopic (exact) mass is 71.1 g/mol. The first-order chi connectivity index (χ1) is 2.91. The number of terminal acetylenes is 1. The molecule has 0 aliphatic rings. The molecule has 28 valence electrons. The Morgan fingerprint density at radius 2 is 3.20 bits per heavy atom. The molecule has 0 rings (SSSR count). The van der Waals surface area contributed by atoms with Crippen molar-refractivity contribution >= 4 is 0 Å². The lowest BCUT2D eigenvalue weighted by atomic mass is 10.7. The Kier molecular flexibility index (Phi) is 1.93. The van der Waals surface area contributed by atoms with Gasteiger partial charge in [-0.1, -0.05) is 5.92 Å². The summed E-state index contributed by atoms with van der Waals surface area (Å²) in [5, 5.41) is 2.63. The van der Waals surface area contributed by atoms with Gasteiger partial charge in [-0.05, 0) is 7.02 Å². The van der Waals surface area contributed by atoms with E-state index in [2.05, 4.69) is 11.2 Å². The predicted molar refractivity (Wildman–Crippen MR) is 22.8 cm³/mol. The Morgan fingerprint density at radius 1 is 2.40 bits per heavy atom. The van der Waals surface area contributed by atoms with Crippen molar-refractivity contribution in [3.05, 3.63) is 0 Å². The second-order valence-electron chi connectivity index (χ2n) is 0.631. The van der Waals surface area contributed by atoms with Crippen molar-refractivity contribution in [3.63, 3.8) is 0 Å². The summed E-state index contributed by atoms with van der Waals surface area (Å²) in [6.45, 7) is 0.503. The minimum absolute atomic E-state index is 0.212. The second-order valence-corrected chi connectivity index (χ2v) is 0.631. The number of hydrogen-bond acceptors (Lipinski definition) is 1. The summed E-state index contributed by atoms with van der Waals surface area (Å²) >= 11 is 0. The van der Waals surface area contributed by atoms with Crippen LogP contribution in [0.4, 0.5) is 0 Å². The van der Waals surface area contributed by atoms with Gasteiger partial charge in [-0.15, -0.1) is 6.42 Å². The minimum atomic E-state index is 0.212. The van der Waals surface area contributed by atoms with Crippen LogP contribution in [0.15, 0.2) is 0 Å². The number of hydrogen-bond donors (Lipinski definition) is 1. The van der Waals surface area contributed by atoms with Crippen molar-refractivity contribution in [1.82, 2.24) is 5.32 Å². The largest absolute Gasteiger partial charge is 0.309 e. The number of rotatable bonds is 1. The molecule has 0 aliphatic heterocycles. The molecular weight excluding hydrogens is 62.1 g/mol. The molecule has 0 aromatic rings. The first-order valence-corrected chi connectivity index (χ1v) is 1.35. The lowest BCUT2D eigenvalue weighted by Crippen LogP contribution is -2.03. The van der Waals surface area contributed by atoms with Crippen molar-refractivity contribution in [3.8, 4) is 12.3 Å². The summed E-state index contributed by atoms with van der Waals surface area (Å²) in [6, 6.07) is 0.